The molecule has 1 amide bonds. The Morgan fingerprint density at radius 2 is 1.60 bits per heavy atom. The molecule has 0 aromatic heterocycles. The van der Waals surface area contributed by atoms with Crippen LogP contribution in [0, 0.1) is 17.0 Å². The van der Waals surface area contributed by atoms with Crippen LogP contribution in [0.15, 0.2) is 76.7 Å². The van der Waals surface area contributed by atoms with Crippen molar-refractivity contribution in [2.24, 2.45) is 5.10 Å². The molecule has 1 N–H and O–H groups in total. The SMILES string of the molecule is C/C(=N/NC(=O)CN(c1cc(Cl)cc(Cl)c1)S(=O)(=O)c1ccc(C)cc1)c1ccc([N+](=O)[O-])cc1. The number of rotatable bonds is 8. The van der Waals surface area contributed by atoms with Crippen LogP contribution in [0.25, 0.3) is 0 Å². The van der Waals surface area contributed by atoms with E-state index < -0.39 is 27.4 Å². The van der Waals surface area contributed by atoms with E-state index in [2.05, 4.69) is 10.5 Å². The summed E-state index contributed by atoms with van der Waals surface area (Å²) in [6, 6.07) is 16.0. The molecular formula is C23H20Cl2N4O5S. The molecule has 3 rings (SSSR count). The van der Waals surface area contributed by atoms with Crippen LogP contribution < -0.4 is 9.73 Å². The van der Waals surface area contributed by atoms with Crippen molar-refractivity contribution in [2.75, 3.05) is 10.8 Å². The molecule has 35 heavy (non-hydrogen) atoms. The quantitative estimate of drug-likeness (QED) is 0.249. The molecular weight excluding hydrogens is 515 g/mol. The van der Waals surface area contributed by atoms with Gasteiger partial charge in [-0.2, -0.15) is 5.10 Å². The van der Waals surface area contributed by atoms with Crippen molar-refractivity contribution >= 4 is 56.2 Å². The number of nitro benzene ring substituents is 1. The lowest BCUT2D eigenvalue weighted by Gasteiger charge is -2.24. The smallest absolute Gasteiger partial charge is 0.269 e. The van der Waals surface area contributed by atoms with Gasteiger partial charge >= 0.3 is 0 Å². The van der Waals surface area contributed by atoms with Crippen LogP contribution in [0.4, 0.5) is 11.4 Å². The normalized spacial score (nSPS) is 11.7. The van der Waals surface area contributed by atoms with Gasteiger partial charge in [0.05, 0.1) is 21.2 Å². The van der Waals surface area contributed by atoms with Crippen molar-refractivity contribution in [2.45, 2.75) is 18.7 Å². The predicted molar refractivity (Wildman–Crippen MR) is 136 cm³/mol. The molecule has 0 saturated heterocycles. The molecule has 3 aromatic rings. The fourth-order valence-corrected chi connectivity index (χ4v) is 4.96. The van der Waals surface area contributed by atoms with Crippen LogP contribution in [-0.2, 0) is 14.8 Å². The highest BCUT2D eigenvalue weighted by Crippen LogP contribution is 2.29. The third-order valence-electron chi connectivity index (χ3n) is 4.88. The zero-order valence-corrected chi connectivity index (χ0v) is 20.9. The molecule has 0 aliphatic rings. The van der Waals surface area contributed by atoms with E-state index >= 15 is 0 Å². The monoisotopic (exact) mass is 534 g/mol. The van der Waals surface area contributed by atoms with E-state index in [1.54, 1.807) is 19.1 Å². The third kappa shape index (κ3) is 6.56. The number of anilines is 1. The molecule has 3 aromatic carbocycles. The number of carbonyl (C=O) groups excluding carboxylic acids is 1. The summed E-state index contributed by atoms with van der Waals surface area (Å²) in [6.45, 7) is 2.81. The van der Waals surface area contributed by atoms with E-state index in [-0.39, 0.29) is 26.3 Å². The first kappa shape index (κ1) is 26.1. The van der Waals surface area contributed by atoms with Gasteiger partial charge in [-0.15, -0.1) is 0 Å². The second-order valence-corrected chi connectivity index (χ2v) is 10.2. The topological polar surface area (TPSA) is 122 Å². The van der Waals surface area contributed by atoms with Gasteiger partial charge in [0.15, 0.2) is 0 Å². The summed E-state index contributed by atoms with van der Waals surface area (Å²) in [6.07, 6.45) is 0. The Hall–Kier alpha value is -3.47. The highest BCUT2D eigenvalue weighted by atomic mass is 35.5. The van der Waals surface area contributed by atoms with E-state index in [4.69, 9.17) is 23.2 Å². The number of nitro groups is 1. The molecule has 0 spiro atoms. The van der Waals surface area contributed by atoms with Crippen LogP contribution in [-0.4, -0.2) is 31.5 Å². The molecule has 182 valence electrons. The van der Waals surface area contributed by atoms with Crippen LogP contribution >= 0.6 is 23.2 Å². The molecule has 0 unspecified atom stereocenters. The Morgan fingerprint density at radius 1 is 1.03 bits per heavy atom. The summed E-state index contributed by atoms with van der Waals surface area (Å²) in [5.74, 6) is -0.724. The first-order valence-electron chi connectivity index (χ1n) is 10.1. The summed E-state index contributed by atoms with van der Waals surface area (Å²) in [4.78, 5) is 23.0. The summed E-state index contributed by atoms with van der Waals surface area (Å²) >= 11 is 12.2. The van der Waals surface area contributed by atoms with Gasteiger partial charge in [0.1, 0.15) is 6.54 Å². The molecule has 12 heteroatoms. The van der Waals surface area contributed by atoms with Crippen molar-refractivity contribution in [3.8, 4) is 0 Å². The zero-order chi connectivity index (χ0) is 25.8. The number of hydrazone groups is 1. The van der Waals surface area contributed by atoms with Crippen LogP contribution in [0.2, 0.25) is 10.0 Å². The minimum atomic E-state index is -4.16. The van der Waals surface area contributed by atoms with Crippen LogP contribution in [0.5, 0.6) is 0 Å². The highest BCUT2D eigenvalue weighted by molar-refractivity contribution is 7.92. The van der Waals surface area contributed by atoms with E-state index in [9.17, 15) is 23.3 Å². The van der Waals surface area contributed by atoms with E-state index in [0.717, 1.165) is 9.87 Å². The maximum Gasteiger partial charge on any atom is 0.269 e. The number of halogens is 2. The fourth-order valence-electron chi connectivity index (χ4n) is 3.04. The Labute approximate surface area is 212 Å². The molecule has 9 nitrogen and oxygen atoms in total. The van der Waals surface area contributed by atoms with Crippen LogP contribution in [0.1, 0.15) is 18.1 Å². The molecule has 0 atom stereocenters. The van der Waals surface area contributed by atoms with Gasteiger partial charge < -0.3 is 0 Å². The maximum atomic E-state index is 13.4. The van der Waals surface area contributed by atoms with Crippen LogP contribution in [0.3, 0.4) is 0 Å². The Morgan fingerprint density at radius 3 is 2.14 bits per heavy atom. The predicted octanol–water partition coefficient (Wildman–Crippen LogP) is 4.95. The number of benzene rings is 3. The van der Waals surface area contributed by atoms with E-state index in [1.807, 2.05) is 6.92 Å². The number of hydrogen-bond donors (Lipinski definition) is 1. The number of hydrogen-bond acceptors (Lipinski definition) is 6. The first-order valence-corrected chi connectivity index (χ1v) is 12.3. The number of nitrogens with one attached hydrogen (secondary N) is 1. The summed E-state index contributed by atoms with van der Waals surface area (Å²) in [7, 11) is -4.16. The van der Waals surface area contributed by atoms with Gasteiger partial charge in [0.25, 0.3) is 21.6 Å². The standard InChI is InChI=1S/C23H20Cl2N4O5S/c1-15-3-9-22(10-4-15)35(33,34)28(21-12-18(24)11-19(25)13-21)14-23(30)27-26-16(2)17-5-7-20(8-6-17)29(31)32/h3-13H,14H2,1-2H3,(H,27,30)/b26-16-. The lowest BCUT2D eigenvalue weighted by Crippen LogP contribution is -2.39. The zero-order valence-electron chi connectivity index (χ0n) is 18.6. The van der Waals surface area contributed by atoms with Crippen molar-refractivity contribution in [3.05, 3.63) is 98.0 Å². The van der Waals surface area contributed by atoms with E-state index in [0.29, 0.717) is 11.3 Å². The van der Waals surface area contributed by atoms with Gasteiger partial charge in [-0.3, -0.25) is 19.2 Å². The van der Waals surface area contributed by atoms with Crippen molar-refractivity contribution in [3.63, 3.8) is 0 Å². The number of carbonyl (C=O) groups is 1. The number of amides is 1. The molecule has 0 saturated carbocycles. The Kier molecular flexibility index (Phi) is 8.11. The molecule has 0 aliphatic carbocycles. The van der Waals surface area contributed by atoms with Gasteiger partial charge in [-0.05, 0) is 61.9 Å². The van der Waals surface area contributed by atoms with E-state index in [1.165, 1.54) is 54.6 Å². The minimum Gasteiger partial charge on any atom is -0.271 e. The van der Waals surface area contributed by atoms with Gasteiger partial charge in [-0.25, -0.2) is 13.8 Å². The maximum absolute atomic E-state index is 13.4. The van der Waals surface area contributed by atoms with Gasteiger partial charge in [0, 0.05) is 22.2 Å². The third-order valence-corrected chi connectivity index (χ3v) is 7.10. The number of aryl methyl sites for hydroxylation is 1. The molecule has 0 aliphatic heterocycles. The van der Waals surface area contributed by atoms with Gasteiger partial charge in [-0.1, -0.05) is 40.9 Å². The van der Waals surface area contributed by atoms with Gasteiger partial charge in [0.2, 0.25) is 0 Å². The average molecular weight is 535 g/mol. The molecule has 0 fully saturated rings. The summed E-state index contributed by atoms with van der Waals surface area (Å²) < 4.78 is 27.7. The number of non-ortho nitro benzene ring substituents is 1. The Balaban J connectivity index is 1.88. The highest BCUT2D eigenvalue weighted by Gasteiger charge is 2.28. The first-order chi connectivity index (χ1) is 16.5. The summed E-state index contributed by atoms with van der Waals surface area (Å²) in [5, 5.41) is 15.2. The van der Waals surface area contributed by atoms with Crippen molar-refractivity contribution in [1.29, 1.82) is 0 Å². The number of nitrogens with zero attached hydrogens (tertiary/aromatic N) is 3. The lowest BCUT2D eigenvalue weighted by atomic mass is 10.1. The summed E-state index contributed by atoms with van der Waals surface area (Å²) in [5.41, 5.74) is 4.13. The molecule has 0 bridgehead atoms. The second kappa shape index (κ2) is 10.9. The molecule has 0 radical (unpaired) electrons. The minimum absolute atomic E-state index is 0.0161. The average Bonchev–Trinajstić information content (AvgIpc) is 2.80. The largest absolute Gasteiger partial charge is 0.271 e. The lowest BCUT2D eigenvalue weighted by molar-refractivity contribution is -0.384. The number of sulfonamides is 1. The van der Waals surface area contributed by atoms with Crippen molar-refractivity contribution < 1.29 is 18.1 Å². The Bertz CT molecular complexity index is 1370. The molecule has 0 heterocycles. The fraction of sp³-hybridized carbons (Fsp3) is 0.130. The van der Waals surface area contributed by atoms with Crippen molar-refractivity contribution in [1.82, 2.24) is 5.43 Å². The second-order valence-electron chi connectivity index (χ2n) is 7.49.